The molecule has 2 amide bonds. The van der Waals surface area contributed by atoms with E-state index in [4.69, 9.17) is 0 Å². The first-order chi connectivity index (χ1) is 12.5. The van der Waals surface area contributed by atoms with Crippen molar-refractivity contribution < 1.29 is 9.59 Å². The molecule has 2 atom stereocenters. The number of nitrogens with one attached hydrogen (secondary N) is 1. The van der Waals surface area contributed by atoms with E-state index in [9.17, 15) is 9.59 Å². The fraction of sp³-hybridized carbons (Fsp3) is 0.364. The summed E-state index contributed by atoms with van der Waals surface area (Å²) in [5.74, 6) is -0.374. The first kappa shape index (κ1) is 18.2. The number of amides is 2. The van der Waals surface area contributed by atoms with Gasteiger partial charge in [0.25, 0.3) is 0 Å². The molecule has 1 N–H and O–H groups in total. The highest BCUT2D eigenvalue weighted by Gasteiger charge is 2.49. The van der Waals surface area contributed by atoms with Gasteiger partial charge in [0.1, 0.15) is 0 Å². The standard InChI is InChI=1S/C22H26N2O2/c1-4-24(14-17-8-6-5-7-9-17)22(26)19-13-18(19)21(25)23-20-11-10-15(2)12-16(20)3/h5-12,18-19H,4,13-14H2,1-3H3,(H,23,25). The van der Waals surface area contributed by atoms with Gasteiger partial charge in [-0.25, -0.2) is 0 Å². The van der Waals surface area contributed by atoms with Crippen LogP contribution in [0.1, 0.15) is 30.0 Å². The van der Waals surface area contributed by atoms with Crippen LogP contribution in [-0.2, 0) is 16.1 Å². The Balaban J connectivity index is 1.59. The molecule has 2 unspecified atom stereocenters. The smallest absolute Gasteiger partial charge is 0.228 e. The highest BCUT2D eigenvalue weighted by atomic mass is 16.2. The Morgan fingerprint density at radius 2 is 1.81 bits per heavy atom. The molecule has 0 aromatic heterocycles. The Morgan fingerprint density at radius 1 is 1.08 bits per heavy atom. The predicted octanol–water partition coefficient (Wildman–Crippen LogP) is 3.93. The Labute approximate surface area is 155 Å². The van der Waals surface area contributed by atoms with Crippen molar-refractivity contribution in [2.75, 3.05) is 11.9 Å². The van der Waals surface area contributed by atoms with E-state index in [1.807, 2.05) is 74.2 Å². The van der Waals surface area contributed by atoms with Crippen LogP contribution in [-0.4, -0.2) is 23.3 Å². The van der Waals surface area contributed by atoms with Gasteiger partial charge in [-0.05, 0) is 44.4 Å². The van der Waals surface area contributed by atoms with Crippen LogP contribution in [0.4, 0.5) is 5.69 Å². The van der Waals surface area contributed by atoms with Gasteiger partial charge in [0.15, 0.2) is 0 Å². The number of rotatable bonds is 6. The monoisotopic (exact) mass is 350 g/mol. The lowest BCUT2D eigenvalue weighted by Crippen LogP contribution is -2.33. The number of benzene rings is 2. The molecule has 1 saturated carbocycles. The highest BCUT2D eigenvalue weighted by Crippen LogP contribution is 2.41. The second-order valence-corrected chi connectivity index (χ2v) is 7.09. The van der Waals surface area contributed by atoms with Crippen LogP contribution >= 0.6 is 0 Å². The Hall–Kier alpha value is -2.62. The van der Waals surface area contributed by atoms with Gasteiger partial charge in [0, 0.05) is 18.8 Å². The number of aryl methyl sites for hydroxylation is 2. The second-order valence-electron chi connectivity index (χ2n) is 7.09. The maximum absolute atomic E-state index is 12.8. The van der Waals surface area contributed by atoms with Gasteiger partial charge in [-0.15, -0.1) is 0 Å². The Bertz CT molecular complexity index is 801. The third-order valence-electron chi connectivity index (χ3n) is 4.99. The summed E-state index contributed by atoms with van der Waals surface area (Å²) in [6.07, 6.45) is 0.640. The normalized spacial score (nSPS) is 18.3. The van der Waals surface area contributed by atoms with Crippen molar-refractivity contribution in [2.45, 2.75) is 33.7 Å². The van der Waals surface area contributed by atoms with E-state index >= 15 is 0 Å². The molecule has 0 heterocycles. The minimum absolute atomic E-state index is 0.0499. The fourth-order valence-corrected chi connectivity index (χ4v) is 3.32. The summed E-state index contributed by atoms with van der Waals surface area (Å²) >= 11 is 0. The maximum atomic E-state index is 12.8. The zero-order valence-corrected chi connectivity index (χ0v) is 15.7. The first-order valence-corrected chi connectivity index (χ1v) is 9.20. The van der Waals surface area contributed by atoms with Crippen molar-refractivity contribution in [3.8, 4) is 0 Å². The predicted molar refractivity (Wildman–Crippen MR) is 104 cm³/mol. The molecule has 4 heteroatoms. The molecule has 0 aliphatic heterocycles. The van der Waals surface area contributed by atoms with Crippen LogP contribution in [0.15, 0.2) is 48.5 Å². The number of nitrogens with zero attached hydrogens (tertiary/aromatic N) is 1. The van der Waals surface area contributed by atoms with Gasteiger partial charge in [-0.2, -0.15) is 0 Å². The number of hydrogen-bond donors (Lipinski definition) is 1. The molecule has 1 fully saturated rings. The fourth-order valence-electron chi connectivity index (χ4n) is 3.32. The molecule has 1 aliphatic rings. The van der Waals surface area contributed by atoms with Crippen LogP contribution in [0.3, 0.4) is 0 Å². The number of carbonyl (C=O) groups is 2. The van der Waals surface area contributed by atoms with Crippen molar-refractivity contribution in [1.29, 1.82) is 0 Å². The molecule has 1 aliphatic carbocycles. The number of anilines is 1. The van der Waals surface area contributed by atoms with Gasteiger partial charge in [-0.1, -0.05) is 48.0 Å². The van der Waals surface area contributed by atoms with Crippen molar-refractivity contribution in [3.63, 3.8) is 0 Å². The van der Waals surface area contributed by atoms with Gasteiger partial charge < -0.3 is 10.2 Å². The molecular formula is C22H26N2O2. The topological polar surface area (TPSA) is 49.4 Å². The zero-order chi connectivity index (χ0) is 18.7. The molecule has 0 radical (unpaired) electrons. The van der Waals surface area contributed by atoms with Gasteiger partial charge >= 0.3 is 0 Å². The highest BCUT2D eigenvalue weighted by molar-refractivity contribution is 5.99. The maximum Gasteiger partial charge on any atom is 0.228 e. The third kappa shape index (κ3) is 4.13. The summed E-state index contributed by atoms with van der Waals surface area (Å²) in [7, 11) is 0. The molecular weight excluding hydrogens is 324 g/mol. The Kier molecular flexibility index (Phi) is 5.40. The number of hydrogen-bond acceptors (Lipinski definition) is 2. The lowest BCUT2D eigenvalue weighted by Gasteiger charge is -2.21. The van der Waals surface area contributed by atoms with E-state index in [1.165, 1.54) is 5.56 Å². The number of carbonyl (C=O) groups excluding carboxylic acids is 2. The van der Waals surface area contributed by atoms with E-state index in [0.717, 1.165) is 16.8 Å². The molecule has 2 aromatic rings. The summed E-state index contributed by atoms with van der Waals surface area (Å²) in [6.45, 7) is 7.23. The van der Waals surface area contributed by atoms with E-state index < -0.39 is 0 Å². The zero-order valence-electron chi connectivity index (χ0n) is 15.7. The average molecular weight is 350 g/mol. The lowest BCUT2D eigenvalue weighted by molar-refractivity contribution is -0.134. The molecule has 0 saturated heterocycles. The average Bonchev–Trinajstić information content (AvgIpc) is 3.43. The van der Waals surface area contributed by atoms with Gasteiger partial charge in [0.05, 0.1) is 11.8 Å². The summed E-state index contributed by atoms with van der Waals surface area (Å²) < 4.78 is 0. The Morgan fingerprint density at radius 3 is 2.46 bits per heavy atom. The summed E-state index contributed by atoms with van der Waals surface area (Å²) in [6, 6.07) is 15.9. The van der Waals surface area contributed by atoms with Crippen molar-refractivity contribution in [1.82, 2.24) is 4.90 Å². The van der Waals surface area contributed by atoms with Gasteiger partial charge in [-0.3, -0.25) is 9.59 Å². The second kappa shape index (κ2) is 7.73. The molecule has 2 aromatic carbocycles. The minimum Gasteiger partial charge on any atom is -0.338 e. The molecule has 4 nitrogen and oxygen atoms in total. The van der Waals surface area contributed by atoms with Crippen LogP contribution in [0.25, 0.3) is 0 Å². The van der Waals surface area contributed by atoms with Crippen LogP contribution in [0, 0.1) is 25.7 Å². The van der Waals surface area contributed by atoms with Crippen molar-refractivity contribution in [3.05, 3.63) is 65.2 Å². The van der Waals surface area contributed by atoms with E-state index in [0.29, 0.717) is 19.5 Å². The third-order valence-corrected chi connectivity index (χ3v) is 4.99. The molecule has 0 bridgehead atoms. The lowest BCUT2D eigenvalue weighted by atomic mass is 10.1. The van der Waals surface area contributed by atoms with E-state index in [1.54, 1.807) is 0 Å². The van der Waals surface area contributed by atoms with Crippen LogP contribution < -0.4 is 5.32 Å². The molecule has 136 valence electrons. The largest absolute Gasteiger partial charge is 0.338 e. The van der Waals surface area contributed by atoms with Gasteiger partial charge in [0.2, 0.25) is 11.8 Å². The van der Waals surface area contributed by atoms with Crippen LogP contribution in [0.5, 0.6) is 0 Å². The molecule has 3 rings (SSSR count). The first-order valence-electron chi connectivity index (χ1n) is 9.20. The van der Waals surface area contributed by atoms with E-state index in [2.05, 4.69) is 5.32 Å². The van der Waals surface area contributed by atoms with Crippen LogP contribution in [0.2, 0.25) is 0 Å². The van der Waals surface area contributed by atoms with E-state index in [-0.39, 0.29) is 23.7 Å². The molecule has 26 heavy (non-hydrogen) atoms. The quantitative estimate of drug-likeness (QED) is 0.858. The summed E-state index contributed by atoms with van der Waals surface area (Å²) in [5.41, 5.74) is 4.15. The summed E-state index contributed by atoms with van der Waals surface area (Å²) in [4.78, 5) is 27.1. The van der Waals surface area contributed by atoms with Crippen molar-refractivity contribution in [2.24, 2.45) is 11.8 Å². The molecule has 0 spiro atoms. The SMILES string of the molecule is CCN(Cc1ccccc1)C(=O)C1CC1C(=O)Nc1ccc(C)cc1C. The van der Waals surface area contributed by atoms with Crippen molar-refractivity contribution >= 4 is 17.5 Å². The minimum atomic E-state index is -0.215. The summed E-state index contributed by atoms with van der Waals surface area (Å²) in [5, 5.41) is 2.98.